The third-order valence-electron chi connectivity index (χ3n) is 12.4. The lowest BCUT2D eigenvalue weighted by Crippen LogP contribution is -2.65. The summed E-state index contributed by atoms with van der Waals surface area (Å²) in [5, 5.41) is 21.2. The standard InChI is InChI=1S/C32H48O6/c1-8-19(33)17-25(34)37-24-18-23-29(4)15-10-14-28(3,9-2)21(29)13-16-30(23,5)22-12-11-20-26(31(22,24)6)27(35)38-32(20,7)36/h11-12,19,21-24,33,36H,8-10,13-18H2,1-7H3/t19?,21?,22?,23?,24-,28+,29+,30+,31-,32-/m1/s1. The Kier molecular flexibility index (Phi) is 6.55. The molecule has 0 spiro atoms. The van der Waals surface area contributed by atoms with Crippen molar-refractivity contribution in [3.63, 3.8) is 0 Å². The molecule has 38 heavy (non-hydrogen) atoms. The van der Waals surface area contributed by atoms with Crippen molar-refractivity contribution >= 4 is 11.9 Å². The largest absolute Gasteiger partial charge is 0.461 e. The van der Waals surface area contributed by atoms with Gasteiger partial charge in [-0.2, -0.15) is 0 Å². The summed E-state index contributed by atoms with van der Waals surface area (Å²) < 4.78 is 11.8. The zero-order valence-corrected chi connectivity index (χ0v) is 24.4. The summed E-state index contributed by atoms with van der Waals surface area (Å²) in [6, 6.07) is 0. The number of cyclic esters (lactones) is 1. The number of ether oxygens (including phenoxy) is 2. The van der Waals surface area contributed by atoms with Crippen LogP contribution in [0.1, 0.15) is 106 Å². The van der Waals surface area contributed by atoms with Gasteiger partial charge in [0.1, 0.15) is 6.10 Å². The summed E-state index contributed by atoms with van der Waals surface area (Å²) in [5.41, 5.74) is 0.424. The molecule has 3 saturated carbocycles. The summed E-state index contributed by atoms with van der Waals surface area (Å²) in [7, 11) is 0. The van der Waals surface area contributed by atoms with Gasteiger partial charge >= 0.3 is 11.9 Å². The van der Waals surface area contributed by atoms with E-state index in [0.717, 1.165) is 12.8 Å². The summed E-state index contributed by atoms with van der Waals surface area (Å²) in [4.78, 5) is 26.5. The molecular weight excluding hydrogens is 480 g/mol. The van der Waals surface area contributed by atoms with Gasteiger partial charge in [0.25, 0.3) is 0 Å². The highest BCUT2D eigenvalue weighted by atomic mass is 16.7. The molecule has 0 radical (unpaired) electrons. The molecular formula is C32H48O6. The Bertz CT molecular complexity index is 1070. The smallest absolute Gasteiger partial charge is 0.338 e. The molecule has 0 amide bonds. The maximum absolute atomic E-state index is 13.4. The number of hydrogen-bond acceptors (Lipinski definition) is 6. The molecule has 4 aliphatic carbocycles. The Morgan fingerprint density at radius 3 is 2.47 bits per heavy atom. The molecule has 10 atom stereocenters. The molecule has 3 fully saturated rings. The van der Waals surface area contributed by atoms with Crippen LogP contribution in [0.25, 0.3) is 0 Å². The fourth-order valence-electron chi connectivity index (χ4n) is 10.2. The van der Waals surface area contributed by atoms with E-state index in [4.69, 9.17) is 9.47 Å². The predicted octanol–water partition coefficient (Wildman–Crippen LogP) is 5.86. The van der Waals surface area contributed by atoms with E-state index in [2.05, 4.69) is 33.8 Å². The molecule has 212 valence electrons. The lowest BCUT2D eigenvalue weighted by Gasteiger charge is -2.69. The van der Waals surface area contributed by atoms with Crippen LogP contribution in [0, 0.1) is 39.4 Å². The van der Waals surface area contributed by atoms with Crippen molar-refractivity contribution < 1.29 is 29.3 Å². The highest BCUT2D eigenvalue weighted by Gasteiger charge is 2.70. The van der Waals surface area contributed by atoms with Gasteiger partial charge < -0.3 is 19.7 Å². The van der Waals surface area contributed by atoms with E-state index >= 15 is 0 Å². The van der Waals surface area contributed by atoms with Crippen molar-refractivity contribution in [2.24, 2.45) is 39.4 Å². The normalized spacial score (nSPS) is 48.4. The van der Waals surface area contributed by atoms with Gasteiger partial charge in [0, 0.05) is 17.9 Å². The fourth-order valence-corrected chi connectivity index (χ4v) is 10.2. The van der Waals surface area contributed by atoms with Crippen molar-refractivity contribution in [2.75, 3.05) is 0 Å². The van der Waals surface area contributed by atoms with Crippen molar-refractivity contribution in [2.45, 2.75) is 124 Å². The van der Waals surface area contributed by atoms with Gasteiger partial charge in [-0.3, -0.25) is 4.79 Å². The molecule has 5 rings (SSSR count). The Morgan fingerprint density at radius 2 is 1.82 bits per heavy atom. The number of fused-ring (bicyclic) bond motifs is 6. The van der Waals surface area contributed by atoms with Crippen LogP contribution in [-0.4, -0.2) is 40.1 Å². The highest BCUT2D eigenvalue weighted by molar-refractivity contribution is 5.96. The third kappa shape index (κ3) is 3.72. The van der Waals surface area contributed by atoms with Crippen LogP contribution < -0.4 is 0 Å². The molecule has 0 aromatic rings. The highest BCUT2D eigenvalue weighted by Crippen LogP contribution is 2.73. The van der Waals surface area contributed by atoms with Gasteiger partial charge in [0.2, 0.25) is 5.79 Å². The van der Waals surface area contributed by atoms with Crippen LogP contribution in [0.3, 0.4) is 0 Å². The maximum Gasteiger partial charge on any atom is 0.338 e. The van der Waals surface area contributed by atoms with E-state index < -0.39 is 35.3 Å². The van der Waals surface area contributed by atoms with Crippen LogP contribution in [-0.2, 0) is 19.1 Å². The van der Waals surface area contributed by atoms with Crippen LogP contribution in [0.5, 0.6) is 0 Å². The quantitative estimate of drug-likeness (QED) is 0.435. The first-order valence-corrected chi connectivity index (χ1v) is 14.9. The number of hydrogen-bond donors (Lipinski definition) is 2. The number of aliphatic hydroxyl groups is 2. The summed E-state index contributed by atoms with van der Waals surface area (Å²) in [5.74, 6) is -1.77. The molecule has 2 N–H and O–H groups in total. The van der Waals surface area contributed by atoms with Crippen molar-refractivity contribution in [3.05, 3.63) is 23.3 Å². The second-order valence-electron chi connectivity index (χ2n) is 14.3. The number of aliphatic hydroxyl groups excluding tert-OH is 1. The van der Waals surface area contributed by atoms with Crippen molar-refractivity contribution in [1.29, 1.82) is 0 Å². The number of carbonyl (C=O) groups is 2. The van der Waals surface area contributed by atoms with Gasteiger partial charge in [-0.05, 0) is 72.5 Å². The van der Waals surface area contributed by atoms with Gasteiger partial charge in [-0.15, -0.1) is 0 Å². The average molecular weight is 529 g/mol. The number of allylic oxidation sites excluding steroid dienone is 1. The molecule has 6 heteroatoms. The molecule has 6 nitrogen and oxygen atoms in total. The third-order valence-corrected chi connectivity index (χ3v) is 12.4. The lowest BCUT2D eigenvalue weighted by atomic mass is 9.35. The Morgan fingerprint density at radius 1 is 1.11 bits per heavy atom. The zero-order valence-electron chi connectivity index (χ0n) is 24.4. The van der Waals surface area contributed by atoms with E-state index in [-0.39, 0.29) is 23.2 Å². The number of carbonyl (C=O) groups excluding carboxylic acids is 2. The first kappa shape index (κ1) is 27.9. The molecule has 1 heterocycles. The SMILES string of the molecule is CCC(O)CC(=O)O[C@@H]1CC2[C@@]3(C)CCC[C@](C)(CC)C3CC[C@@]2(C)C2C=CC3=C(C(=O)O[C@@]3(C)O)[C@]21C. The molecule has 4 unspecified atom stereocenters. The minimum Gasteiger partial charge on any atom is -0.461 e. The van der Waals surface area contributed by atoms with Gasteiger partial charge in [-0.25, -0.2) is 4.79 Å². The molecule has 0 aromatic heterocycles. The maximum atomic E-state index is 13.4. The second kappa shape index (κ2) is 8.92. The zero-order chi connectivity index (χ0) is 27.9. The Hall–Kier alpha value is -1.66. The van der Waals surface area contributed by atoms with Crippen LogP contribution in [0.15, 0.2) is 23.3 Å². The number of rotatable bonds is 5. The van der Waals surface area contributed by atoms with Crippen LogP contribution in [0.2, 0.25) is 0 Å². The Balaban J connectivity index is 1.62. The van der Waals surface area contributed by atoms with Gasteiger partial charge in [-0.1, -0.05) is 66.5 Å². The summed E-state index contributed by atoms with van der Waals surface area (Å²) in [6.45, 7) is 15.1. The second-order valence-corrected chi connectivity index (χ2v) is 14.3. The predicted molar refractivity (Wildman–Crippen MR) is 145 cm³/mol. The van der Waals surface area contributed by atoms with E-state index in [9.17, 15) is 19.8 Å². The van der Waals surface area contributed by atoms with Crippen LogP contribution in [0.4, 0.5) is 0 Å². The van der Waals surface area contributed by atoms with E-state index in [0.29, 0.717) is 41.2 Å². The van der Waals surface area contributed by atoms with E-state index in [1.165, 1.54) is 32.6 Å². The minimum absolute atomic E-state index is 0.0459. The summed E-state index contributed by atoms with van der Waals surface area (Å²) >= 11 is 0. The van der Waals surface area contributed by atoms with Gasteiger partial charge in [0.05, 0.1) is 18.1 Å². The lowest BCUT2D eigenvalue weighted by molar-refractivity contribution is -0.218. The molecule has 0 bridgehead atoms. The topological polar surface area (TPSA) is 93.1 Å². The van der Waals surface area contributed by atoms with Crippen LogP contribution >= 0.6 is 0 Å². The first-order chi connectivity index (χ1) is 17.7. The van der Waals surface area contributed by atoms with Gasteiger partial charge in [0.15, 0.2) is 0 Å². The first-order valence-electron chi connectivity index (χ1n) is 14.9. The van der Waals surface area contributed by atoms with Crippen molar-refractivity contribution in [1.82, 2.24) is 0 Å². The molecule has 0 aromatic carbocycles. The molecule has 0 saturated heterocycles. The fraction of sp³-hybridized carbons (Fsp3) is 0.812. The molecule has 1 aliphatic heterocycles. The minimum atomic E-state index is -1.70. The monoisotopic (exact) mass is 528 g/mol. The molecule has 5 aliphatic rings. The summed E-state index contributed by atoms with van der Waals surface area (Å²) in [6.07, 6.45) is 10.9. The average Bonchev–Trinajstić information content (AvgIpc) is 3.08. The van der Waals surface area contributed by atoms with E-state index in [1.54, 1.807) is 0 Å². The Labute approximate surface area is 228 Å². The van der Waals surface area contributed by atoms with E-state index in [1.807, 2.05) is 19.9 Å². The number of esters is 2. The van der Waals surface area contributed by atoms with Crippen molar-refractivity contribution in [3.8, 4) is 0 Å².